The van der Waals surface area contributed by atoms with Gasteiger partial charge in [0, 0.05) is 24.1 Å². The molecule has 0 unspecified atom stereocenters. The summed E-state index contributed by atoms with van der Waals surface area (Å²) in [5.41, 5.74) is 3.39. The van der Waals surface area contributed by atoms with Gasteiger partial charge in [0.2, 0.25) is 5.88 Å². The number of pyridine rings is 1. The quantitative estimate of drug-likeness (QED) is 0.617. The zero-order chi connectivity index (χ0) is 21.0. The molecule has 150 valence electrons. The van der Waals surface area contributed by atoms with Crippen molar-refractivity contribution in [2.24, 2.45) is 5.92 Å². The van der Waals surface area contributed by atoms with E-state index in [1.165, 1.54) is 7.11 Å². The molecule has 1 aromatic carbocycles. The number of ketones is 1. The van der Waals surface area contributed by atoms with Gasteiger partial charge in [0.1, 0.15) is 11.8 Å². The van der Waals surface area contributed by atoms with Gasteiger partial charge in [0.15, 0.2) is 5.78 Å². The normalized spacial score (nSPS) is 10.8. The molecule has 0 aliphatic carbocycles. The zero-order valence-corrected chi connectivity index (χ0v) is 16.4. The van der Waals surface area contributed by atoms with Crippen molar-refractivity contribution in [2.75, 3.05) is 7.11 Å². The standard InChI is InChI=1S/C21H22N4O4/c1-13(2)20(26)17-10-18(15-6-4-14(5-7-15)11-23-21(27)28)25(24-17)16-8-9-19(29-3)22-12-16/h4-10,12-13,23H,11H2,1-3H3,(H,27,28)/p-1. The molecule has 8 nitrogen and oxygen atoms in total. The van der Waals surface area contributed by atoms with E-state index in [9.17, 15) is 14.7 Å². The molecule has 8 heteroatoms. The van der Waals surface area contributed by atoms with Crippen LogP contribution in [0.1, 0.15) is 29.9 Å². The van der Waals surface area contributed by atoms with Crippen LogP contribution in [0.3, 0.4) is 0 Å². The Kier molecular flexibility index (Phi) is 5.92. The van der Waals surface area contributed by atoms with Crippen LogP contribution >= 0.6 is 0 Å². The predicted molar refractivity (Wildman–Crippen MR) is 105 cm³/mol. The van der Waals surface area contributed by atoms with Crippen LogP contribution in [0.15, 0.2) is 48.7 Å². The van der Waals surface area contributed by atoms with Gasteiger partial charge >= 0.3 is 0 Å². The Hall–Kier alpha value is -3.68. The lowest BCUT2D eigenvalue weighted by Gasteiger charge is -2.10. The maximum Gasteiger partial charge on any atom is 0.213 e. The summed E-state index contributed by atoms with van der Waals surface area (Å²) >= 11 is 0. The number of Topliss-reactive ketones (excluding diaryl/α,β-unsaturated/α-hetero) is 1. The molecule has 0 radical (unpaired) electrons. The molecule has 0 saturated heterocycles. The minimum Gasteiger partial charge on any atom is -0.530 e. The van der Waals surface area contributed by atoms with Gasteiger partial charge in [-0.1, -0.05) is 38.1 Å². The summed E-state index contributed by atoms with van der Waals surface area (Å²) in [6, 6.07) is 12.6. The van der Waals surface area contributed by atoms with E-state index >= 15 is 0 Å². The number of nitrogens with zero attached hydrogens (tertiary/aromatic N) is 3. The molecule has 0 saturated carbocycles. The Morgan fingerprint density at radius 1 is 1.17 bits per heavy atom. The van der Waals surface area contributed by atoms with Crippen LogP contribution in [0.25, 0.3) is 16.9 Å². The van der Waals surface area contributed by atoms with Crippen LogP contribution in [0.2, 0.25) is 0 Å². The lowest BCUT2D eigenvalue weighted by Crippen LogP contribution is -2.35. The molecule has 0 spiro atoms. The lowest BCUT2D eigenvalue weighted by molar-refractivity contribution is -0.251. The van der Waals surface area contributed by atoms with Crippen molar-refractivity contribution >= 4 is 11.9 Å². The van der Waals surface area contributed by atoms with Crippen LogP contribution in [-0.4, -0.2) is 33.8 Å². The van der Waals surface area contributed by atoms with Gasteiger partial charge in [-0.2, -0.15) is 5.10 Å². The molecule has 29 heavy (non-hydrogen) atoms. The first-order valence-electron chi connectivity index (χ1n) is 9.08. The molecule has 0 aliphatic heterocycles. The summed E-state index contributed by atoms with van der Waals surface area (Å²) in [6.45, 7) is 3.81. The van der Waals surface area contributed by atoms with Crippen LogP contribution in [-0.2, 0) is 6.54 Å². The van der Waals surface area contributed by atoms with Gasteiger partial charge in [-0.3, -0.25) is 4.79 Å². The third-order valence-electron chi connectivity index (χ3n) is 4.35. The van der Waals surface area contributed by atoms with Crippen LogP contribution in [0.4, 0.5) is 4.79 Å². The van der Waals surface area contributed by atoms with E-state index in [4.69, 9.17) is 4.74 Å². The number of carboxylic acid groups (broad SMARTS) is 1. The molecule has 1 amide bonds. The second-order valence-corrected chi connectivity index (χ2v) is 6.74. The van der Waals surface area contributed by atoms with Crippen LogP contribution in [0, 0.1) is 5.92 Å². The second kappa shape index (κ2) is 8.55. The Labute approximate surface area is 168 Å². The monoisotopic (exact) mass is 393 g/mol. The Morgan fingerprint density at radius 2 is 1.90 bits per heavy atom. The molecular weight excluding hydrogens is 372 g/mol. The van der Waals surface area contributed by atoms with E-state index in [2.05, 4.69) is 15.4 Å². The highest BCUT2D eigenvalue weighted by Crippen LogP contribution is 2.26. The van der Waals surface area contributed by atoms with Crippen molar-refractivity contribution in [3.8, 4) is 22.8 Å². The largest absolute Gasteiger partial charge is 0.530 e. The smallest absolute Gasteiger partial charge is 0.213 e. The van der Waals surface area contributed by atoms with Crippen molar-refractivity contribution in [3.05, 3.63) is 59.9 Å². The summed E-state index contributed by atoms with van der Waals surface area (Å²) < 4.78 is 6.76. The molecule has 0 aliphatic rings. The predicted octanol–water partition coefficient (Wildman–Crippen LogP) is 2.21. The van der Waals surface area contributed by atoms with E-state index < -0.39 is 6.09 Å². The first-order valence-corrected chi connectivity index (χ1v) is 9.08. The van der Waals surface area contributed by atoms with Gasteiger partial charge in [-0.05, 0) is 17.7 Å². The number of carbonyl (C=O) groups is 2. The number of nitrogens with one attached hydrogen (secondary N) is 1. The zero-order valence-electron chi connectivity index (χ0n) is 16.4. The minimum atomic E-state index is -1.32. The number of aromatic nitrogens is 3. The maximum atomic E-state index is 12.5. The number of methoxy groups -OCH3 is 1. The summed E-state index contributed by atoms with van der Waals surface area (Å²) in [4.78, 5) is 27.3. The fourth-order valence-corrected chi connectivity index (χ4v) is 2.79. The highest BCUT2D eigenvalue weighted by Gasteiger charge is 2.19. The number of ether oxygens (including phenoxy) is 1. The van der Waals surface area contributed by atoms with Crippen LogP contribution in [0.5, 0.6) is 5.88 Å². The molecule has 2 heterocycles. The number of carbonyl (C=O) groups excluding carboxylic acids is 2. The summed E-state index contributed by atoms with van der Waals surface area (Å²) in [7, 11) is 1.54. The maximum absolute atomic E-state index is 12.5. The molecule has 1 N–H and O–H groups in total. The summed E-state index contributed by atoms with van der Waals surface area (Å²) in [6.07, 6.45) is 0.299. The van der Waals surface area contributed by atoms with Gasteiger partial charge in [-0.25, -0.2) is 9.67 Å². The van der Waals surface area contributed by atoms with E-state index in [-0.39, 0.29) is 18.2 Å². The first-order chi connectivity index (χ1) is 13.9. The molecule has 0 fully saturated rings. The Balaban J connectivity index is 2.01. The fraction of sp³-hybridized carbons (Fsp3) is 0.238. The topological polar surface area (TPSA) is 109 Å². The van der Waals surface area contributed by atoms with E-state index in [0.29, 0.717) is 17.3 Å². The average molecular weight is 393 g/mol. The number of amides is 1. The van der Waals surface area contributed by atoms with Gasteiger partial charge in [0.25, 0.3) is 0 Å². The third-order valence-corrected chi connectivity index (χ3v) is 4.35. The lowest BCUT2D eigenvalue weighted by atomic mass is 10.0. The van der Waals surface area contributed by atoms with Crippen molar-refractivity contribution < 1.29 is 19.4 Å². The highest BCUT2D eigenvalue weighted by atomic mass is 16.5. The Bertz CT molecular complexity index is 1010. The molecule has 0 atom stereocenters. The number of hydrogen-bond acceptors (Lipinski definition) is 6. The van der Waals surface area contributed by atoms with Crippen LogP contribution < -0.4 is 15.2 Å². The molecule has 2 aromatic heterocycles. The summed E-state index contributed by atoms with van der Waals surface area (Å²) in [5.74, 6) is 0.241. The van der Waals surface area contributed by atoms with Gasteiger partial charge in [-0.15, -0.1) is 0 Å². The first kappa shape index (κ1) is 20.1. The van der Waals surface area contributed by atoms with Crippen molar-refractivity contribution in [1.82, 2.24) is 20.1 Å². The van der Waals surface area contributed by atoms with E-state index in [0.717, 1.165) is 16.8 Å². The second-order valence-electron chi connectivity index (χ2n) is 6.74. The van der Waals surface area contributed by atoms with Gasteiger partial charge < -0.3 is 20.0 Å². The van der Waals surface area contributed by atoms with Gasteiger partial charge in [0.05, 0.1) is 24.7 Å². The highest BCUT2D eigenvalue weighted by molar-refractivity contribution is 5.96. The molecule has 0 bridgehead atoms. The van der Waals surface area contributed by atoms with Crippen molar-refractivity contribution in [2.45, 2.75) is 20.4 Å². The molecule has 3 rings (SSSR count). The summed E-state index contributed by atoms with van der Waals surface area (Å²) in [5, 5.41) is 17.3. The Morgan fingerprint density at radius 3 is 2.45 bits per heavy atom. The molecule has 3 aromatic rings. The minimum absolute atomic E-state index is 0.0544. The average Bonchev–Trinajstić information content (AvgIpc) is 3.17. The fourth-order valence-electron chi connectivity index (χ4n) is 2.79. The van der Waals surface area contributed by atoms with E-state index in [1.807, 2.05) is 32.0 Å². The molecular formula is C21H21N4O4-. The number of rotatable bonds is 7. The van der Waals surface area contributed by atoms with Crippen molar-refractivity contribution in [3.63, 3.8) is 0 Å². The number of benzene rings is 1. The third kappa shape index (κ3) is 4.60. The van der Waals surface area contributed by atoms with Crippen molar-refractivity contribution in [1.29, 1.82) is 0 Å². The SMILES string of the molecule is COc1ccc(-n2nc(C(=O)C(C)C)cc2-c2ccc(CNC(=O)[O-])cc2)cn1. The van der Waals surface area contributed by atoms with E-state index in [1.54, 1.807) is 35.1 Å². The number of hydrogen-bond donors (Lipinski definition) is 1.